The molecule has 0 amide bonds. The van der Waals surface area contributed by atoms with E-state index in [1.165, 1.54) is 37.1 Å². The molecule has 3 heteroatoms. The summed E-state index contributed by atoms with van der Waals surface area (Å²) in [6.45, 7) is 7.51. The van der Waals surface area contributed by atoms with E-state index in [2.05, 4.69) is 36.9 Å². The first kappa shape index (κ1) is 14.4. The first-order valence-corrected chi connectivity index (χ1v) is 7.26. The SMILES string of the molecule is COc1ccc(C(C)C(CN)N2CCCC2)cc1C. The number of aryl methyl sites for hydroxylation is 1. The second-order valence-corrected chi connectivity index (χ2v) is 5.56. The fourth-order valence-electron chi connectivity index (χ4n) is 3.15. The Morgan fingerprint density at radius 2 is 2.00 bits per heavy atom. The van der Waals surface area contributed by atoms with Gasteiger partial charge in [0.2, 0.25) is 0 Å². The summed E-state index contributed by atoms with van der Waals surface area (Å²) in [6.07, 6.45) is 2.62. The molecule has 0 bridgehead atoms. The van der Waals surface area contributed by atoms with Crippen LogP contribution in [0.15, 0.2) is 18.2 Å². The monoisotopic (exact) mass is 262 g/mol. The van der Waals surface area contributed by atoms with Crippen molar-refractivity contribution in [2.75, 3.05) is 26.7 Å². The first-order chi connectivity index (χ1) is 9.17. The molecule has 1 fully saturated rings. The third-order valence-corrected chi connectivity index (χ3v) is 4.37. The Bertz CT molecular complexity index is 413. The second-order valence-electron chi connectivity index (χ2n) is 5.56. The standard InChI is InChI=1S/C16H26N2O/c1-12-10-14(6-7-16(12)19-3)13(2)15(11-17)18-8-4-5-9-18/h6-7,10,13,15H,4-5,8-9,11,17H2,1-3H3. The highest BCUT2D eigenvalue weighted by atomic mass is 16.5. The molecule has 2 atom stereocenters. The van der Waals surface area contributed by atoms with Gasteiger partial charge < -0.3 is 10.5 Å². The molecular weight excluding hydrogens is 236 g/mol. The van der Waals surface area contributed by atoms with Gasteiger partial charge in [0.25, 0.3) is 0 Å². The van der Waals surface area contributed by atoms with Crippen LogP contribution in [0.4, 0.5) is 0 Å². The Morgan fingerprint density at radius 3 is 2.53 bits per heavy atom. The minimum absolute atomic E-state index is 0.454. The molecule has 0 aromatic heterocycles. The van der Waals surface area contributed by atoms with E-state index in [1.807, 2.05) is 0 Å². The average molecular weight is 262 g/mol. The number of hydrogen-bond acceptors (Lipinski definition) is 3. The van der Waals surface area contributed by atoms with Crippen LogP contribution in [0.1, 0.15) is 36.8 Å². The predicted molar refractivity (Wildman–Crippen MR) is 79.8 cm³/mol. The average Bonchev–Trinajstić information content (AvgIpc) is 2.93. The molecule has 0 saturated carbocycles. The first-order valence-electron chi connectivity index (χ1n) is 7.26. The highest BCUT2D eigenvalue weighted by Crippen LogP contribution is 2.28. The van der Waals surface area contributed by atoms with E-state index in [0.29, 0.717) is 12.0 Å². The summed E-state index contributed by atoms with van der Waals surface area (Å²) in [5.74, 6) is 1.43. The Kier molecular flexibility index (Phi) is 4.83. The second kappa shape index (κ2) is 6.40. The van der Waals surface area contributed by atoms with Crippen LogP contribution in [-0.4, -0.2) is 37.7 Å². The van der Waals surface area contributed by atoms with Gasteiger partial charge >= 0.3 is 0 Å². The number of nitrogens with two attached hydrogens (primary N) is 1. The van der Waals surface area contributed by atoms with E-state index < -0.39 is 0 Å². The van der Waals surface area contributed by atoms with Crippen molar-refractivity contribution in [3.8, 4) is 5.75 Å². The maximum absolute atomic E-state index is 6.02. The normalized spacial score (nSPS) is 19.4. The summed E-state index contributed by atoms with van der Waals surface area (Å²) in [4.78, 5) is 2.55. The molecule has 0 aliphatic carbocycles. The molecular formula is C16H26N2O. The number of rotatable bonds is 5. The quantitative estimate of drug-likeness (QED) is 0.886. The highest BCUT2D eigenvalue weighted by Gasteiger charge is 2.26. The summed E-state index contributed by atoms with van der Waals surface area (Å²) in [5.41, 5.74) is 8.58. The van der Waals surface area contributed by atoms with Crippen molar-refractivity contribution in [1.29, 1.82) is 0 Å². The number of likely N-dealkylation sites (tertiary alicyclic amines) is 1. The van der Waals surface area contributed by atoms with Gasteiger partial charge in [-0.1, -0.05) is 19.1 Å². The largest absolute Gasteiger partial charge is 0.496 e. The van der Waals surface area contributed by atoms with Crippen molar-refractivity contribution >= 4 is 0 Å². The molecule has 2 unspecified atom stereocenters. The molecule has 106 valence electrons. The van der Waals surface area contributed by atoms with Gasteiger partial charge in [0.1, 0.15) is 5.75 Å². The fourth-order valence-corrected chi connectivity index (χ4v) is 3.15. The van der Waals surface area contributed by atoms with Gasteiger partial charge in [-0.05, 0) is 56.0 Å². The van der Waals surface area contributed by atoms with Crippen molar-refractivity contribution in [2.24, 2.45) is 5.73 Å². The summed E-state index contributed by atoms with van der Waals surface area (Å²) in [7, 11) is 1.72. The Labute approximate surface area is 116 Å². The zero-order chi connectivity index (χ0) is 13.8. The maximum atomic E-state index is 6.02. The lowest BCUT2D eigenvalue weighted by molar-refractivity contribution is 0.221. The molecule has 1 heterocycles. The number of ether oxygens (including phenoxy) is 1. The van der Waals surface area contributed by atoms with E-state index >= 15 is 0 Å². The molecule has 1 aromatic rings. The van der Waals surface area contributed by atoms with Crippen LogP contribution in [0.2, 0.25) is 0 Å². The van der Waals surface area contributed by atoms with Crippen molar-refractivity contribution in [3.05, 3.63) is 29.3 Å². The summed E-state index contributed by atoms with van der Waals surface area (Å²) >= 11 is 0. The van der Waals surface area contributed by atoms with Gasteiger partial charge in [-0.25, -0.2) is 0 Å². The van der Waals surface area contributed by atoms with Gasteiger partial charge in [0.15, 0.2) is 0 Å². The fraction of sp³-hybridized carbons (Fsp3) is 0.625. The number of hydrogen-bond donors (Lipinski definition) is 1. The molecule has 3 nitrogen and oxygen atoms in total. The maximum Gasteiger partial charge on any atom is 0.121 e. The predicted octanol–water partition coefficient (Wildman–Crippen LogP) is 2.53. The van der Waals surface area contributed by atoms with E-state index in [-0.39, 0.29) is 0 Å². The highest BCUT2D eigenvalue weighted by molar-refractivity contribution is 5.37. The van der Waals surface area contributed by atoms with Crippen LogP contribution in [-0.2, 0) is 0 Å². The smallest absolute Gasteiger partial charge is 0.121 e. The molecule has 0 radical (unpaired) electrons. The Hall–Kier alpha value is -1.06. The van der Waals surface area contributed by atoms with Gasteiger partial charge in [0, 0.05) is 12.6 Å². The lowest BCUT2D eigenvalue weighted by Crippen LogP contribution is -2.42. The van der Waals surface area contributed by atoms with Crippen LogP contribution in [0.25, 0.3) is 0 Å². The third kappa shape index (κ3) is 3.10. The van der Waals surface area contributed by atoms with E-state index in [4.69, 9.17) is 10.5 Å². The molecule has 1 aromatic carbocycles. The van der Waals surface area contributed by atoms with Gasteiger partial charge in [0.05, 0.1) is 7.11 Å². The number of methoxy groups -OCH3 is 1. The Morgan fingerprint density at radius 1 is 1.32 bits per heavy atom. The van der Waals surface area contributed by atoms with E-state index in [9.17, 15) is 0 Å². The van der Waals surface area contributed by atoms with Crippen LogP contribution >= 0.6 is 0 Å². The van der Waals surface area contributed by atoms with E-state index in [1.54, 1.807) is 7.11 Å². The summed E-state index contributed by atoms with van der Waals surface area (Å²) in [5, 5.41) is 0. The van der Waals surface area contributed by atoms with Crippen molar-refractivity contribution in [3.63, 3.8) is 0 Å². The van der Waals surface area contributed by atoms with Crippen LogP contribution in [0.3, 0.4) is 0 Å². The molecule has 0 spiro atoms. The zero-order valence-corrected chi connectivity index (χ0v) is 12.4. The van der Waals surface area contributed by atoms with Crippen molar-refractivity contribution in [1.82, 2.24) is 4.90 Å². The molecule has 1 saturated heterocycles. The van der Waals surface area contributed by atoms with Crippen LogP contribution in [0.5, 0.6) is 5.75 Å². The molecule has 2 rings (SSSR count). The zero-order valence-electron chi connectivity index (χ0n) is 12.4. The minimum atomic E-state index is 0.454. The van der Waals surface area contributed by atoms with Gasteiger partial charge in [-0.3, -0.25) is 4.90 Å². The van der Waals surface area contributed by atoms with Crippen molar-refractivity contribution < 1.29 is 4.74 Å². The van der Waals surface area contributed by atoms with Gasteiger partial charge in [-0.15, -0.1) is 0 Å². The van der Waals surface area contributed by atoms with Crippen LogP contribution < -0.4 is 10.5 Å². The number of benzene rings is 1. The third-order valence-electron chi connectivity index (χ3n) is 4.37. The van der Waals surface area contributed by atoms with Gasteiger partial charge in [-0.2, -0.15) is 0 Å². The molecule has 1 aliphatic rings. The van der Waals surface area contributed by atoms with Crippen LogP contribution in [0, 0.1) is 6.92 Å². The lowest BCUT2D eigenvalue weighted by Gasteiger charge is -2.32. The molecule has 19 heavy (non-hydrogen) atoms. The number of nitrogens with zero attached hydrogens (tertiary/aromatic N) is 1. The lowest BCUT2D eigenvalue weighted by atomic mass is 9.91. The molecule has 1 aliphatic heterocycles. The topological polar surface area (TPSA) is 38.5 Å². The molecule has 2 N–H and O–H groups in total. The summed E-state index contributed by atoms with van der Waals surface area (Å²) in [6, 6.07) is 6.94. The van der Waals surface area contributed by atoms with E-state index in [0.717, 1.165) is 12.3 Å². The Balaban J connectivity index is 2.16. The summed E-state index contributed by atoms with van der Waals surface area (Å²) < 4.78 is 5.33. The minimum Gasteiger partial charge on any atom is -0.496 e. The van der Waals surface area contributed by atoms with Crippen molar-refractivity contribution in [2.45, 2.75) is 38.6 Å².